The molecule has 0 radical (unpaired) electrons. The highest BCUT2D eigenvalue weighted by Gasteiger charge is 2.10. The van der Waals surface area contributed by atoms with Gasteiger partial charge in [-0.2, -0.15) is 0 Å². The molecule has 118 valence electrons. The lowest BCUT2D eigenvalue weighted by molar-refractivity contribution is 0.343. The first kappa shape index (κ1) is 16.5. The van der Waals surface area contributed by atoms with Crippen LogP contribution in [0, 0.1) is 0 Å². The lowest BCUT2D eigenvalue weighted by atomic mass is 10.0. The lowest BCUT2D eigenvalue weighted by Gasteiger charge is -2.14. The first-order valence-electron chi connectivity index (χ1n) is 9.18. The normalized spacial score (nSPS) is 15.7. The van der Waals surface area contributed by atoms with Crippen LogP contribution >= 0.6 is 0 Å². The van der Waals surface area contributed by atoms with Crippen LogP contribution in [0.25, 0.3) is 0 Å². The minimum atomic E-state index is 1.22. The van der Waals surface area contributed by atoms with Crippen LogP contribution < -0.4 is 0 Å². The Labute approximate surface area is 131 Å². The zero-order valence-corrected chi connectivity index (χ0v) is 13.9. The third-order valence-electron chi connectivity index (χ3n) is 4.76. The molecule has 1 aliphatic heterocycles. The summed E-state index contributed by atoms with van der Waals surface area (Å²) in [5.74, 6) is 0. The van der Waals surface area contributed by atoms with E-state index in [1.54, 1.807) is 0 Å². The van der Waals surface area contributed by atoms with Crippen molar-refractivity contribution < 1.29 is 0 Å². The first-order valence-corrected chi connectivity index (χ1v) is 9.18. The molecule has 0 aliphatic carbocycles. The number of aryl methyl sites for hydroxylation is 1. The molecule has 0 atom stereocenters. The maximum atomic E-state index is 2.60. The van der Waals surface area contributed by atoms with Gasteiger partial charge in [0, 0.05) is 6.54 Å². The van der Waals surface area contributed by atoms with Crippen LogP contribution in [-0.2, 0) is 12.8 Å². The van der Waals surface area contributed by atoms with Crippen molar-refractivity contribution in [1.82, 2.24) is 4.90 Å². The van der Waals surface area contributed by atoms with Crippen LogP contribution in [0.15, 0.2) is 24.3 Å². The van der Waals surface area contributed by atoms with E-state index in [4.69, 9.17) is 0 Å². The molecule has 0 saturated carbocycles. The zero-order chi connectivity index (χ0) is 14.8. The first-order chi connectivity index (χ1) is 10.4. The number of hydrogen-bond acceptors (Lipinski definition) is 1. The van der Waals surface area contributed by atoms with E-state index in [2.05, 4.69) is 36.1 Å². The maximum Gasteiger partial charge on any atom is 0.00218 e. The Morgan fingerprint density at radius 2 is 1.33 bits per heavy atom. The Morgan fingerprint density at radius 1 is 0.762 bits per heavy atom. The Kier molecular flexibility index (Phi) is 7.88. The van der Waals surface area contributed by atoms with E-state index in [9.17, 15) is 0 Å². The van der Waals surface area contributed by atoms with E-state index in [1.165, 1.54) is 95.0 Å². The fourth-order valence-electron chi connectivity index (χ4n) is 3.28. The second kappa shape index (κ2) is 10.00. The predicted octanol–water partition coefficient (Wildman–Crippen LogP) is 5.23. The highest BCUT2D eigenvalue weighted by atomic mass is 15.1. The Bertz CT molecular complexity index is 362. The summed E-state index contributed by atoms with van der Waals surface area (Å²) in [5, 5.41) is 0. The fourth-order valence-corrected chi connectivity index (χ4v) is 3.28. The van der Waals surface area contributed by atoms with E-state index in [0.717, 1.165) is 0 Å². The van der Waals surface area contributed by atoms with Crippen LogP contribution in [-0.4, -0.2) is 24.5 Å². The molecule has 1 heteroatoms. The van der Waals surface area contributed by atoms with Gasteiger partial charge >= 0.3 is 0 Å². The molecule has 0 N–H and O–H groups in total. The summed E-state index contributed by atoms with van der Waals surface area (Å²) < 4.78 is 0. The Morgan fingerprint density at radius 3 is 2.00 bits per heavy atom. The van der Waals surface area contributed by atoms with Gasteiger partial charge in [-0.05, 0) is 56.3 Å². The van der Waals surface area contributed by atoms with Crippen LogP contribution in [0.5, 0.6) is 0 Å². The van der Waals surface area contributed by atoms with Gasteiger partial charge in [0.15, 0.2) is 0 Å². The standard InChI is InChI=1S/C20H33N/c1-2-3-4-5-6-7-10-19-11-13-20(14-12-19)15-18-21-16-8-9-17-21/h11-14H,2-10,15-18H2,1H3. The average Bonchev–Trinajstić information content (AvgIpc) is 3.03. The van der Waals surface area contributed by atoms with Crippen LogP contribution in [0.4, 0.5) is 0 Å². The third-order valence-corrected chi connectivity index (χ3v) is 4.76. The number of nitrogens with zero attached hydrogens (tertiary/aromatic N) is 1. The minimum Gasteiger partial charge on any atom is -0.303 e. The van der Waals surface area contributed by atoms with Crippen molar-refractivity contribution >= 4 is 0 Å². The highest BCUT2D eigenvalue weighted by molar-refractivity contribution is 5.22. The Balaban J connectivity index is 1.59. The molecular weight excluding hydrogens is 254 g/mol. The number of unbranched alkanes of at least 4 members (excludes halogenated alkanes) is 5. The predicted molar refractivity (Wildman–Crippen MR) is 92.9 cm³/mol. The van der Waals surface area contributed by atoms with Gasteiger partial charge in [-0.15, -0.1) is 0 Å². The van der Waals surface area contributed by atoms with E-state index in [0.29, 0.717) is 0 Å². The monoisotopic (exact) mass is 287 g/mol. The van der Waals surface area contributed by atoms with Crippen LogP contribution in [0.3, 0.4) is 0 Å². The van der Waals surface area contributed by atoms with E-state index >= 15 is 0 Å². The summed E-state index contributed by atoms with van der Waals surface area (Å²) in [4.78, 5) is 2.60. The van der Waals surface area contributed by atoms with Crippen LogP contribution in [0.2, 0.25) is 0 Å². The molecule has 0 unspecified atom stereocenters. The summed E-state index contributed by atoms with van der Waals surface area (Å²) >= 11 is 0. The minimum absolute atomic E-state index is 1.22. The van der Waals surface area contributed by atoms with Gasteiger partial charge in [0.25, 0.3) is 0 Å². The number of rotatable bonds is 10. The number of benzene rings is 1. The molecule has 0 bridgehead atoms. The largest absolute Gasteiger partial charge is 0.303 e. The molecule has 0 spiro atoms. The van der Waals surface area contributed by atoms with Crippen molar-refractivity contribution in [1.29, 1.82) is 0 Å². The quantitative estimate of drug-likeness (QED) is 0.533. The fraction of sp³-hybridized carbons (Fsp3) is 0.700. The molecule has 0 amide bonds. The molecule has 21 heavy (non-hydrogen) atoms. The number of likely N-dealkylation sites (tertiary alicyclic amines) is 1. The number of hydrogen-bond donors (Lipinski definition) is 0. The summed E-state index contributed by atoms with van der Waals surface area (Å²) in [5.41, 5.74) is 3.03. The summed E-state index contributed by atoms with van der Waals surface area (Å²) in [6, 6.07) is 9.40. The SMILES string of the molecule is CCCCCCCCc1ccc(CCN2CCCC2)cc1. The smallest absolute Gasteiger partial charge is 0.00218 e. The summed E-state index contributed by atoms with van der Waals surface area (Å²) in [7, 11) is 0. The third kappa shape index (κ3) is 6.65. The molecule has 1 fully saturated rings. The van der Waals surface area contributed by atoms with Crippen LogP contribution in [0.1, 0.15) is 69.4 Å². The highest BCUT2D eigenvalue weighted by Crippen LogP contribution is 2.13. The molecule has 1 saturated heterocycles. The zero-order valence-electron chi connectivity index (χ0n) is 13.9. The van der Waals surface area contributed by atoms with Gasteiger partial charge in [-0.25, -0.2) is 0 Å². The summed E-state index contributed by atoms with van der Waals surface area (Å²) in [6.45, 7) is 6.16. The topological polar surface area (TPSA) is 3.24 Å². The molecule has 1 aliphatic rings. The molecule has 1 nitrogen and oxygen atoms in total. The van der Waals surface area contributed by atoms with Gasteiger partial charge in [-0.3, -0.25) is 0 Å². The van der Waals surface area contributed by atoms with Gasteiger partial charge < -0.3 is 4.90 Å². The molecule has 1 heterocycles. The average molecular weight is 287 g/mol. The van der Waals surface area contributed by atoms with E-state index in [-0.39, 0.29) is 0 Å². The van der Waals surface area contributed by atoms with E-state index in [1.807, 2.05) is 0 Å². The van der Waals surface area contributed by atoms with Crippen molar-refractivity contribution in [2.45, 2.75) is 71.1 Å². The van der Waals surface area contributed by atoms with E-state index < -0.39 is 0 Å². The molecule has 1 aromatic carbocycles. The van der Waals surface area contributed by atoms with Crippen molar-refractivity contribution in [3.05, 3.63) is 35.4 Å². The second-order valence-corrected chi connectivity index (χ2v) is 6.63. The molecule has 0 aromatic heterocycles. The molecular formula is C20H33N. The van der Waals surface area contributed by atoms with Gasteiger partial charge in [0.1, 0.15) is 0 Å². The second-order valence-electron chi connectivity index (χ2n) is 6.63. The Hall–Kier alpha value is -0.820. The lowest BCUT2D eigenvalue weighted by Crippen LogP contribution is -2.21. The molecule has 2 rings (SSSR count). The van der Waals surface area contributed by atoms with Crippen molar-refractivity contribution in [2.75, 3.05) is 19.6 Å². The van der Waals surface area contributed by atoms with Gasteiger partial charge in [0.05, 0.1) is 0 Å². The van der Waals surface area contributed by atoms with Crippen molar-refractivity contribution in [3.63, 3.8) is 0 Å². The maximum absolute atomic E-state index is 2.60. The van der Waals surface area contributed by atoms with Crippen molar-refractivity contribution in [3.8, 4) is 0 Å². The molecule has 1 aromatic rings. The summed E-state index contributed by atoms with van der Waals surface area (Å²) in [6.07, 6.45) is 13.6. The van der Waals surface area contributed by atoms with Gasteiger partial charge in [-0.1, -0.05) is 63.3 Å². The van der Waals surface area contributed by atoms with Gasteiger partial charge in [0.2, 0.25) is 0 Å². The van der Waals surface area contributed by atoms with Crippen molar-refractivity contribution in [2.24, 2.45) is 0 Å².